The van der Waals surface area contributed by atoms with E-state index in [0.717, 1.165) is 10.0 Å². The first-order valence-corrected chi connectivity index (χ1v) is 7.99. The number of benzene rings is 2. The predicted octanol–water partition coefficient (Wildman–Crippen LogP) is 3.45. The summed E-state index contributed by atoms with van der Waals surface area (Å²) in [5.74, 6) is -0.253. The van der Waals surface area contributed by atoms with Crippen LogP contribution in [0.3, 0.4) is 0 Å². The molecule has 0 fully saturated rings. The normalized spacial score (nSPS) is 11.4. The number of carbonyl (C=O) groups is 2. The van der Waals surface area contributed by atoms with Gasteiger partial charge in [-0.1, -0.05) is 52.3 Å². The van der Waals surface area contributed by atoms with Crippen LogP contribution in [-0.2, 0) is 4.79 Å². The second-order valence-electron chi connectivity index (χ2n) is 4.98. The zero-order valence-electron chi connectivity index (χ0n) is 12.7. The molecule has 0 aliphatic heterocycles. The number of hydrogen-bond acceptors (Lipinski definition) is 2. The van der Waals surface area contributed by atoms with Crippen molar-refractivity contribution in [2.24, 2.45) is 0 Å². The van der Waals surface area contributed by atoms with Crippen molar-refractivity contribution in [2.45, 2.75) is 13.0 Å². The summed E-state index contributed by atoms with van der Waals surface area (Å²) < 4.78 is 0.933. The van der Waals surface area contributed by atoms with Crippen LogP contribution in [0.2, 0.25) is 0 Å². The van der Waals surface area contributed by atoms with Crippen LogP contribution < -0.4 is 16.0 Å². The molecule has 0 heterocycles. The lowest BCUT2D eigenvalue weighted by Crippen LogP contribution is -2.39. The highest BCUT2D eigenvalue weighted by Crippen LogP contribution is 2.22. The summed E-state index contributed by atoms with van der Waals surface area (Å²) in [7, 11) is 0. The molecule has 0 bridgehead atoms. The van der Waals surface area contributed by atoms with Gasteiger partial charge in [-0.2, -0.15) is 0 Å². The number of nitrogens with one attached hydrogen (secondary N) is 3. The Morgan fingerprint density at radius 2 is 1.70 bits per heavy atom. The van der Waals surface area contributed by atoms with Crippen LogP contribution in [0.25, 0.3) is 0 Å². The van der Waals surface area contributed by atoms with E-state index in [2.05, 4.69) is 31.9 Å². The third-order valence-corrected chi connectivity index (χ3v) is 3.91. The Balaban J connectivity index is 1.79. The maximum absolute atomic E-state index is 11.9. The third-order valence-electron chi connectivity index (χ3n) is 3.19. The highest BCUT2D eigenvalue weighted by atomic mass is 79.9. The van der Waals surface area contributed by atoms with Gasteiger partial charge in [-0.25, -0.2) is 4.79 Å². The van der Waals surface area contributed by atoms with Crippen molar-refractivity contribution in [3.8, 4) is 0 Å². The van der Waals surface area contributed by atoms with E-state index in [1.54, 1.807) is 12.1 Å². The van der Waals surface area contributed by atoms with Crippen LogP contribution in [0.4, 0.5) is 10.5 Å². The average Bonchev–Trinajstić information content (AvgIpc) is 2.54. The summed E-state index contributed by atoms with van der Waals surface area (Å²) in [4.78, 5) is 23.6. The Morgan fingerprint density at radius 1 is 1.04 bits per heavy atom. The molecule has 0 saturated heterocycles. The quantitative estimate of drug-likeness (QED) is 0.748. The van der Waals surface area contributed by atoms with Gasteiger partial charge in [-0.15, -0.1) is 0 Å². The molecule has 2 rings (SSSR count). The largest absolute Gasteiger partial charge is 0.348 e. The van der Waals surface area contributed by atoms with Crippen molar-refractivity contribution in [1.29, 1.82) is 0 Å². The molecule has 0 aliphatic carbocycles. The Labute approximate surface area is 143 Å². The third kappa shape index (κ3) is 5.41. The van der Waals surface area contributed by atoms with Gasteiger partial charge in [0.15, 0.2) is 0 Å². The van der Waals surface area contributed by atoms with Gasteiger partial charge in [0, 0.05) is 10.2 Å². The summed E-state index contributed by atoms with van der Waals surface area (Å²) in [6, 6.07) is 16.2. The van der Waals surface area contributed by atoms with Crippen molar-refractivity contribution < 1.29 is 9.59 Å². The molecule has 120 valence electrons. The fourth-order valence-electron chi connectivity index (χ4n) is 2.05. The van der Waals surface area contributed by atoms with Crippen LogP contribution in [0, 0.1) is 0 Å². The second kappa shape index (κ2) is 8.33. The van der Waals surface area contributed by atoms with E-state index in [-0.39, 0.29) is 18.5 Å². The molecular weight excluding hydrogens is 358 g/mol. The van der Waals surface area contributed by atoms with E-state index in [0.29, 0.717) is 5.69 Å². The lowest BCUT2D eigenvalue weighted by Gasteiger charge is -2.16. The van der Waals surface area contributed by atoms with Crippen molar-refractivity contribution in [2.75, 3.05) is 11.9 Å². The van der Waals surface area contributed by atoms with Gasteiger partial charge in [0.05, 0.1) is 12.6 Å². The Morgan fingerprint density at radius 3 is 2.39 bits per heavy atom. The number of urea groups is 1. The van der Waals surface area contributed by atoms with E-state index >= 15 is 0 Å². The SMILES string of the molecule is C[C@H](NC(=O)CNC(=O)Nc1ccccc1)c1ccccc1Br. The molecule has 0 unspecified atom stereocenters. The van der Waals surface area contributed by atoms with Crippen LogP contribution in [0.1, 0.15) is 18.5 Å². The molecule has 3 N–H and O–H groups in total. The Kier molecular flexibility index (Phi) is 6.17. The van der Waals surface area contributed by atoms with E-state index in [1.165, 1.54) is 0 Å². The number of rotatable bonds is 5. The lowest BCUT2D eigenvalue weighted by molar-refractivity contribution is -0.120. The molecule has 3 amide bonds. The lowest BCUT2D eigenvalue weighted by atomic mass is 10.1. The monoisotopic (exact) mass is 375 g/mol. The van der Waals surface area contributed by atoms with E-state index in [1.807, 2.05) is 49.4 Å². The van der Waals surface area contributed by atoms with Crippen LogP contribution in [0.15, 0.2) is 59.1 Å². The smallest absolute Gasteiger partial charge is 0.319 e. The van der Waals surface area contributed by atoms with Crippen LogP contribution in [-0.4, -0.2) is 18.5 Å². The average molecular weight is 376 g/mol. The van der Waals surface area contributed by atoms with Crippen molar-refractivity contribution >= 4 is 33.6 Å². The number of anilines is 1. The first-order chi connectivity index (χ1) is 11.1. The predicted molar refractivity (Wildman–Crippen MR) is 94.2 cm³/mol. The van der Waals surface area contributed by atoms with Gasteiger partial charge in [0.2, 0.25) is 5.91 Å². The van der Waals surface area contributed by atoms with E-state index in [9.17, 15) is 9.59 Å². The van der Waals surface area contributed by atoms with Gasteiger partial charge in [0.25, 0.3) is 0 Å². The topological polar surface area (TPSA) is 70.2 Å². The second-order valence-corrected chi connectivity index (χ2v) is 5.84. The van der Waals surface area contributed by atoms with Gasteiger partial charge in [-0.3, -0.25) is 4.79 Å². The molecule has 2 aromatic carbocycles. The number of carbonyl (C=O) groups excluding carboxylic acids is 2. The van der Waals surface area contributed by atoms with E-state index < -0.39 is 6.03 Å². The highest BCUT2D eigenvalue weighted by molar-refractivity contribution is 9.10. The van der Waals surface area contributed by atoms with Crippen LogP contribution >= 0.6 is 15.9 Å². The molecule has 0 spiro atoms. The standard InChI is InChI=1S/C17H18BrN3O2/c1-12(14-9-5-6-10-15(14)18)20-16(22)11-19-17(23)21-13-7-3-2-4-8-13/h2-10,12H,11H2,1H3,(H,20,22)(H2,19,21,23)/t12-/m0/s1. The fraction of sp³-hybridized carbons (Fsp3) is 0.176. The van der Waals surface area contributed by atoms with Gasteiger partial charge < -0.3 is 16.0 Å². The zero-order chi connectivity index (χ0) is 16.7. The molecule has 2 aromatic rings. The molecule has 1 atom stereocenters. The minimum atomic E-state index is -0.417. The first-order valence-electron chi connectivity index (χ1n) is 7.20. The minimum absolute atomic E-state index is 0.0898. The summed E-state index contributed by atoms with van der Waals surface area (Å²) in [5, 5.41) is 8.03. The molecule has 6 heteroatoms. The van der Waals surface area contributed by atoms with E-state index in [4.69, 9.17) is 0 Å². The molecule has 5 nitrogen and oxygen atoms in total. The fourth-order valence-corrected chi connectivity index (χ4v) is 2.68. The summed E-state index contributed by atoms with van der Waals surface area (Å²) in [6.07, 6.45) is 0. The van der Waals surface area contributed by atoms with Crippen LogP contribution in [0.5, 0.6) is 0 Å². The maximum Gasteiger partial charge on any atom is 0.319 e. The summed E-state index contributed by atoms with van der Waals surface area (Å²) >= 11 is 3.46. The number of halogens is 1. The number of hydrogen-bond donors (Lipinski definition) is 3. The molecular formula is C17H18BrN3O2. The molecule has 0 aliphatic rings. The van der Waals surface area contributed by atoms with Crippen molar-refractivity contribution in [1.82, 2.24) is 10.6 Å². The Hall–Kier alpha value is -2.34. The maximum atomic E-state index is 11.9. The highest BCUT2D eigenvalue weighted by Gasteiger charge is 2.12. The Bertz CT molecular complexity index is 677. The molecule has 23 heavy (non-hydrogen) atoms. The number of amides is 3. The summed E-state index contributed by atoms with van der Waals surface area (Å²) in [5.41, 5.74) is 1.65. The molecule has 0 saturated carbocycles. The first kappa shape index (κ1) is 17.0. The van der Waals surface area contributed by atoms with Crippen molar-refractivity contribution in [3.05, 3.63) is 64.6 Å². The van der Waals surface area contributed by atoms with Gasteiger partial charge >= 0.3 is 6.03 Å². The zero-order valence-corrected chi connectivity index (χ0v) is 14.3. The van der Waals surface area contributed by atoms with Gasteiger partial charge in [0.1, 0.15) is 0 Å². The van der Waals surface area contributed by atoms with Gasteiger partial charge in [-0.05, 0) is 30.7 Å². The minimum Gasteiger partial charge on any atom is -0.348 e. The summed E-state index contributed by atoms with van der Waals surface area (Å²) in [6.45, 7) is 1.80. The van der Waals surface area contributed by atoms with Crippen molar-refractivity contribution in [3.63, 3.8) is 0 Å². The molecule has 0 radical (unpaired) electrons. The number of para-hydroxylation sites is 1. The molecule has 0 aromatic heterocycles.